The van der Waals surface area contributed by atoms with Crippen LogP contribution in [0.4, 0.5) is 4.39 Å². The minimum atomic E-state index is -0.460. The third-order valence-corrected chi connectivity index (χ3v) is 4.90. The number of Topliss-reactive ketones (excluding diaryl/α,β-unsaturated/α-hetero) is 1. The van der Waals surface area contributed by atoms with Crippen molar-refractivity contribution in [3.05, 3.63) is 35.6 Å². The van der Waals surface area contributed by atoms with Crippen LogP contribution >= 0.6 is 0 Å². The molecule has 4 heteroatoms. The van der Waals surface area contributed by atoms with E-state index in [1.165, 1.54) is 12.1 Å². The molecule has 0 aromatic heterocycles. The van der Waals surface area contributed by atoms with Crippen LogP contribution in [0.2, 0.25) is 0 Å². The van der Waals surface area contributed by atoms with Gasteiger partial charge in [0.2, 0.25) is 0 Å². The highest BCUT2D eigenvalue weighted by Gasteiger charge is 2.24. The Hall–Kier alpha value is -1.26. The van der Waals surface area contributed by atoms with Crippen LogP contribution < -0.4 is 5.32 Å². The summed E-state index contributed by atoms with van der Waals surface area (Å²) in [5.41, 5.74) is -0.00571. The summed E-state index contributed by atoms with van der Waals surface area (Å²) < 4.78 is 13.6. The van der Waals surface area contributed by atoms with Crippen molar-refractivity contribution in [1.29, 1.82) is 0 Å². The predicted octanol–water partition coefficient (Wildman–Crippen LogP) is 3.71. The molecule has 1 saturated carbocycles. The van der Waals surface area contributed by atoms with Crippen LogP contribution in [0.3, 0.4) is 0 Å². The fourth-order valence-corrected chi connectivity index (χ4v) is 3.19. The number of halogens is 1. The van der Waals surface area contributed by atoms with Crippen LogP contribution in [0.15, 0.2) is 24.3 Å². The summed E-state index contributed by atoms with van der Waals surface area (Å²) in [5.74, 6) is -0.00317. The molecule has 1 aromatic carbocycles. The van der Waals surface area contributed by atoms with E-state index in [2.05, 4.69) is 19.2 Å². The van der Waals surface area contributed by atoms with Gasteiger partial charge in [-0.3, -0.25) is 4.79 Å². The first-order valence-electron chi connectivity index (χ1n) is 8.58. The van der Waals surface area contributed by atoms with Crippen LogP contribution in [0.1, 0.15) is 62.7 Å². The normalized spacial score (nSPS) is 22.1. The summed E-state index contributed by atoms with van der Waals surface area (Å²) in [6.07, 6.45) is 5.94. The lowest BCUT2D eigenvalue weighted by molar-refractivity contribution is 0.0961. The number of hydrogen-bond donors (Lipinski definition) is 2. The van der Waals surface area contributed by atoms with E-state index in [4.69, 9.17) is 0 Å². The molecule has 1 aliphatic carbocycles. The number of carbonyl (C=O) groups excluding carboxylic acids is 1. The maximum absolute atomic E-state index is 13.6. The summed E-state index contributed by atoms with van der Waals surface area (Å²) in [7, 11) is 0. The zero-order valence-corrected chi connectivity index (χ0v) is 14.1. The van der Waals surface area contributed by atoms with Crippen LogP contribution in [-0.4, -0.2) is 29.1 Å². The monoisotopic (exact) mass is 321 g/mol. The molecule has 0 radical (unpaired) electrons. The van der Waals surface area contributed by atoms with Crippen molar-refractivity contribution in [2.75, 3.05) is 6.54 Å². The molecule has 0 bridgehead atoms. The van der Waals surface area contributed by atoms with E-state index >= 15 is 0 Å². The van der Waals surface area contributed by atoms with Gasteiger partial charge in [0.25, 0.3) is 0 Å². The number of benzene rings is 1. The molecule has 23 heavy (non-hydrogen) atoms. The molecule has 128 valence electrons. The highest BCUT2D eigenvalue weighted by molar-refractivity contribution is 5.97. The van der Waals surface area contributed by atoms with Crippen molar-refractivity contribution in [1.82, 2.24) is 5.32 Å². The molecule has 2 rings (SSSR count). The van der Waals surface area contributed by atoms with Gasteiger partial charge in [0.05, 0.1) is 18.2 Å². The van der Waals surface area contributed by atoms with Crippen molar-refractivity contribution in [3.8, 4) is 0 Å². The maximum atomic E-state index is 13.6. The highest BCUT2D eigenvalue weighted by Crippen LogP contribution is 2.29. The topological polar surface area (TPSA) is 49.3 Å². The molecule has 3 nitrogen and oxygen atoms in total. The summed E-state index contributed by atoms with van der Waals surface area (Å²) in [5, 5.41) is 12.8. The summed E-state index contributed by atoms with van der Waals surface area (Å²) >= 11 is 0. The fraction of sp³-hybridized carbons (Fsp3) is 0.632. The Bertz CT molecular complexity index is 522. The van der Waals surface area contributed by atoms with Crippen molar-refractivity contribution in [3.63, 3.8) is 0 Å². The van der Waals surface area contributed by atoms with Crippen molar-refractivity contribution >= 4 is 5.78 Å². The van der Waals surface area contributed by atoms with Gasteiger partial charge in [-0.25, -0.2) is 4.39 Å². The lowest BCUT2D eigenvalue weighted by Crippen LogP contribution is -2.42. The highest BCUT2D eigenvalue weighted by atomic mass is 19.1. The number of ketones is 1. The molecule has 0 saturated heterocycles. The quantitative estimate of drug-likeness (QED) is 0.753. The van der Waals surface area contributed by atoms with Gasteiger partial charge >= 0.3 is 0 Å². The van der Waals surface area contributed by atoms with E-state index < -0.39 is 5.82 Å². The number of nitrogens with one attached hydrogen (secondary N) is 1. The third kappa shape index (κ3) is 5.70. The zero-order chi connectivity index (χ0) is 16.9. The number of aliphatic hydroxyl groups is 1. The minimum absolute atomic E-state index is 0.115. The Morgan fingerprint density at radius 1 is 1.26 bits per heavy atom. The standard InChI is InChI=1S/C19H28FNO2/c1-19(2,12-11-14-7-9-15(22)10-8-14)21-13-18(23)16-5-3-4-6-17(16)20/h3-6,14-15,21-22H,7-13H2,1-2H3. The second-order valence-electron chi connectivity index (χ2n) is 7.35. The van der Waals surface area contributed by atoms with Crippen LogP contribution in [0.25, 0.3) is 0 Å². The van der Waals surface area contributed by atoms with E-state index in [1.54, 1.807) is 12.1 Å². The Labute approximate surface area is 138 Å². The first-order valence-corrected chi connectivity index (χ1v) is 8.58. The first-order chi connectivity index (χ1) is 10.9. The minimum Gasteiger partial charge on any atom is -0.393 e. The Morgan fingerprint density at radius 2 is 1.91 bits per heavy atom. The van der Waals surface area contributed by atoms with Crippen LogP contribution in [0, 0.1) is 11.7 Å². The van der Waals surface area contributed by atoms with E-state index in [0.29, 0.717) is 5.92 Å². The average molecular weight is 321 g/mol. The molecule has 0 amide bonds. The van der Waals surface area contributed by atoms with Crippen LogP contribution in [-0.2, 0) is 0 Å². The van der Waals surface area contributed by atoms with Gasteiger partial charge in [0.1, 0.15) is 5.82 Å². The molecule has 0 unspecified atom stereocenters. The molecule has 2 N–H and O–H groups in total. The second kappa shape index (κ2) is 8.02. The molecular formula is C19H28FNO2. The molecule has 1 aliphatic rings. The Balaban J connectivity index is 1.77. The molecule has 0 spiro atoms. The van der Waals surface area contributed by atoms with Gasteiger partial charge in [0.15, 0.2) is 5.78 Å². The molecule has 1 fully saturated rings. The molecular weight excluding hydrogens is 293 g/mol. The van der Waals surface area contributed by atoms with Gasteiger partial charge in [-0.2, -0.15) is 0 Å². The van der Waals surface area contributed by atoms with E-state index in [0.717, 1.165) is 38.5 Å². The number of hydrogen-bond acceptors (Lipinski definition) is 3. The summed E-state index contributed by atoms with van der Waals surface area (Å²) in [4.78, 5) is 12.1. The largest absolute Gasteiger partial charge is 0.393 e. The molecule has 0 aliphatic heterocycles. The van der Waals surface area contributed by atoms with Gasteiger partial charge in [-0.05, 0) is 70.4 Å². The maximum Gasteiger partial charge on any atom is 0.179 e. The number of aliphatic hydroxyl groups excluding tert-OH is 1. The third-order valence-electron chi connectivity index (χ3n) is 4.90. The van der Waals surface area contributed by atoms with E-state index in [9.17, 15) is 14.3 Å². The molecule has 0 atom stereocenters. The summed E-state index contributed by atoms with van der Waals surface area (Å²) in [6, 6.07) is 6.11. The van der Waals surface area contributed by atoms with Crippen molar-refractivity contribution in [2.45, 2.75) is 64.0 Å². The lowest BCUT2D eigenvalue weighted by atomic mass is 9.82. The predicted molar refractivity (Wildman–Crippen MR) is 90.0 cm³/mol. The first kappa shape index (κ1) is 18.1. The van der Waals surface area contributed by atoms with Crippen molar-refractivity contribution < 1.29 is 14.3 Å². The van der Waals surface area contributed by atoms with Crippen LogP contribution in [0.5, 0.6) is 0 Å². The van der Waals surface area contributed by atoms with Gasteiger partial charge in [-0.1, -0.05) is 12.1 Å². The Kier molecular flexibility index (Phi) is 6.31. The number of carbonyl (C=O) groups is 1. The fourth-order valence-electron chi connectivity index (χ4n) is 3.19. The summed E-state index contributed by atoms with van der Waals surface area (Å²) in [6.45, 7) is 4.32. The smallest absolute Gasteiger partial charge is 0.179 e. The van der Waals surface area contributed by atoms with Gasteiger partial charge < -0.3 is 10.4 Å². The number of rotatable bonds is 7. The van der Waals surface area contributed by atoms with Gasteiger partial charge in [0, 0.05) is 5.54 Å². The zero-order valence-electron chi connectivity index (χ0n) is 14.1. The molecule has 0 heterocycles. The average Bonchev–Trinajstić information content (AvgIpc) is 2.53. The van der Waals surface area contributed by atoms with E-state index in [1.807, 2.05) is 0 Å². The van der Waals surface area contributed by atoms with E-state index in [-0.39, 0.29) is 29.5 Å². The van der Waals surface area contributed by atoms with Crippen molar-refractivity contribution in [2.24, 2.45) is 5.92 Å². The SMILES string of the molecule is CC(C)(CCC1CCC(O)CC1)NCC(=O)c1ccccc1F. The second-order valence-corrected chi connectivity index (χ2v) is 7.35. The molecule has 1 aromatic rings. The van der Waals surface area contributed by atoms with Gasteiger partial charge in [-0.15, -0.1) is 0 Å². The Morgan fingerprint density at radius 3 is 2.57 bits per heavy atom. The lowest BCUT2D eigenvalue weighted by Gasteiger charge is -2.31.